The zero-order valence-electron chi connectivity index (χ0n) is 34.9. The molecule has 0 amide bonds. The number of nitrogens with zero attached hydrogens (tertiary/aromatic N) is 6. The van der Waals surface area contributed by atoms with Gasteiger partial charge in [0, 0.05) is 43.9 Å². The van der Waals surface area contributed by atoms with Gasteiger partial charge < -0.3 is 8.98 Å². The van der Waals surface area contributed by atoms with E-state index in [2.05, 4.69) is 191 Å². The lowest BCUT2D eigenvalue weighted by Crippen LogP contribution is -2.07. The van der Waals surface area contributed by atoms with Crippen molar-refractivity contribution in [1.82, 2.24) is 29.1 Å². The molecule has 0 saturated carbocycles. The van der Waals surface area contributed by atoms with Gasteiger partial charge in [-0.25, -0.2) is 9.97 Å². The van der Waals surface area contributed by atoms with Crippen LogP contribution in [0, 0.1) is 0 Å². The fraction of sp³-hybridized carbons (Fsp3) is 0. The lowest BCUT2D eigenvalue weighted by molar-refractivity contribution is 0.620. The van der Waals surface area contributed by atoms with Crippen LogP contribution in [0.4, 0.5) is 0 Å². The Kier molecular flexibility index (Phi) is 8.39. The van der Waals surface area contributed by atoms with Gasteiger partial charge in [0.2, 0.25) is 11.8 Å². The second-order valence-electron chi connectivity index (χ2n) is 16.3. The summed E-state index contributed by atoms with van der Waals surface area (Å²) in [4.78, 5) is 20.9. The van der Waals surface area contributed by atoms with E-state index in [1.165, 1.54) is 0 Å². The second-order valence-corrected chi connectivity index (χ2v) is 16.3. The van der Waals surface area contributed by atoms with Gasteiger partial charge in [-0.15, -0.1) is 0 Å². The van der Waals surface area contributed by atoms with Crippen molar-refractivity contribution < 1.29 is 4.42 Å². The van der Waals surface area contributed by atoms with Gasteiger partial charge in [0.1, 0.15) is 5.52 Å². The summed E-state index contributed by atoms with van der Waals surface area (Å²) >= 11 is 0. The highest BCUT2D eigenvalue weighted by molar-refractivity contribution is 6.23. The van der Waals surface area contributed by atoms with Crippen LogP contribution in [0.2, 0.25) is 0 Å². The van der Waals surface area contributed by atoms with E-state index in [9.17, 15) is 0 Å². The molecule has 304 valence electrons. The maximum absolute atomic E-state index is 6.29. The van der Waals surface area contributed by atoms with Crippen LogP contribution in [0.25, 0.3) is 123 Å². The van der Waals surface area contributed by atoms with Crippen molar-refractivity contribution >= 4 is 54.7 Å². The molecule has 7 heteroatoms. The van der Waals surface area contributed by atoms with Crippen molar-refractivity contribution in [2.45, 2.75) is 0 Å². The molecular weight excluding hydrogens is 797 g/mol. The van der Waals surface area contributed by atoms with E-state index in [4.69, 9.17) is 24.4 Å². The van der Waals surface area contributed by atoms with Gasteiger partial charge in [-0.05, 0) is 64.7 Å². The SMILES string of the molecule is c1ccc(-c2ccc(-c3nc(-c4ccc(-c5ccccc5)cc4)nc(-n4c5ccccc5c5ccc6c7ccccc7n(-c7cccc(-c8nc9ccccc9o8)c7)c6c54)n3)cc2)cc1. The van der Waals surface area contributed by atoms with Gasteiger partial charge in [0.15, 0.2) is 17.2 Å². The monoisotopic (exact) mass is 832 g/mol. The number of aromatic nitrogens is 6. The van der Waals surface area contributed by atoms with Crippen LogP contribution < -0.4 is 0 Å². The van der Waals surface area contributed by atoms with Gasteiger partial charge >= 0.3 is 0 Å². The lowest BCUT2D eigenvalue weighted by Gasteiger charge is -2.14. The Morgan fingerprint density at radius 2 is 0.800 bits per heavy atom. The summed E-state index contributed by atoms with van der Waals surface area (Å²) in [6, 6.07) is 75.8. The summed E-state index contributed by atoms with van der Waals surface area (Å²) in [5.74, 6) is 2.27. The smallest absolute Gasteiger partial charge is 0.238 e. The summed E-state index contributed by atoms with van der Waals surface area (Å²) < 4.78 is 10.9. The van der Waals surface area contributed by atoms with Crippen LogP contribution in [-0.4, -0.2) is 29.1 Å². The van der Waals surface area contributed by atoms with Crippen LogP contribution in [0.15, 0.2) is 223 Å². The number of hydrogen-bond acceptors (Lipinski definition) is 5. The van der Waals surface area contributed by atoms with E-state index < -0.39 is 0 Å². The molecule has 9 aromatic carbocycles. The average molecular weight is 833 g/mol. The molecule has 0 fully saturated rings. The number of rotatable bonds is 7. The molecule has 4 aromatic heterocycles. The van der Waals surface area contributed by atoms with Gasteiger partial charge in [-0.2, -0.15) is 9.97 Å². The van der Waals surface area contributed by atoms with E-state index in [-0.39, 0.29) is 0 Å². The van der Waals surface area contributed by atoms with Crippen molar-refractivity contribution in [3.8, 4) is 68.1 Å². The van der Waals surface area contributed by atoms with E-state index in [1.54, 1.807) is 0 Å². The van der Waals surface area contributed by atoms with Crippen molar-refractivity contribution in [1.29, 1.82) is 0 Å². The number of hydrogen-bond donors (Lipinski definition) is 0. The zero-order valence-corrected chi connectivity index (χ0v) is 34.9. The Morgan fingerprint density at radius 3 is 1.40 bits per heavy atom. The Morgan fingerprint density at radius 1 is 0.323 bits per heavy atom. The maximum atomic E-state index is 6.29. The van der Waals surface area contributed by atoms with Gasteiger partial charge in [-0.3, -0.25) is 4.57 Å². The predicted octanol–water partition coefficient (Wildman–Crippen LogP) is 14.5. The van der Waals surface area contributed by atoms with E-state index in [0.29, 0.717) is 23.5 Å². The minimum atomic E-state index is 0.528. The van der Waals surface area contributed by atoms with E-state index in [1.807, 2.05) is 36.4 Å². The highest BCUT2D eigenvalue weighted by Crippen LogP contribution is 2.42. The number of oxazole rings is 1. The maximum Gasteiger partial charge on any atom is 0.238 e. The minimum Gasteiger partial charge on any atom is -0.436 e. The highest BCUT2D eigenvalue weighted by Gasteiger charge is 2.24. The fourth-order valence-corrected chi connectivity index (χ4v) is 9.36. The Balaban J connectivity index is 1.07. The largest absolute Gasteiger partial charge is 0.436 e. The van der Waals surface area contributed by atoms with Crippen LogP contribution in [0.5, 0.6) is 0 Å². The normalized spacial score (nSPS) is 11.7. The molecule has 0 aliphatic carbocycles. The summed E-state index contributed by atoms with van der Waals surface area (Å²) in [6.45, 7) is 0. The zero-order chi connectivity index (χ0) is 42.8. The number of fused-ring (bicyclic) bond motifs is 8. The molecule has 0 saturated heterocycles. The molecule has 0 aliphatic heterocycles. The van der Waals surface area contributed by atoms with Crippen molar-refractivity contribution in [3.05, 3.63) is 218 Å². The predicted molar refractivity (Wildman–Crippen MR) is 263 cm³/mol. The fourth-order valence-electron chi connectivity index (χ4n) is 9.36. The van der Waals surface area contributed by atoms with Crippen LogP contribution in [-0.2, 0) is 0 Å². The molecule has 4 heterocycles. The molecule has 0 aliphatic rings. The van der Waals surface area contributed by atoms with Crippen molar-refractivity contribution in [3.63, 3.8) is 0 Å². The first-order valence-corrected chi connectivity index (χ1v) is 21.7. The third-order valence-electron chi connectivity index (χ3n) is 12.4. The van der Waals surface area contributed by atoms with Crippen molar-refractivity contribution in [2.24, 2.45) is 0 Å². The molecule has 7 nitrogen and oxygen atoms in total. The Labute approximate surface area is 373 Å². The first-order chi connectivity index (χ1) is 32.2. The van der Waals surface area contributed by atoms with Crippen LogP contribution in [0.1, 0.15) is 0 Å². The third-order valence-corrected chi connectivity index (χ3v) is 12.4. The quantitative estimate of drug-likeness (QED) is 0.160. The van der Waals surface area contributed by atoms with Crippen LogP contribution >= 0.6 is 0 Å². The van der Waals surface area contributed by atoms with Crippen LogP contribution in [0.3, 0.4) is 0 Å². The molecule has 0 spiro atoms. The molecule has 0 N–H and O–H groups in total. The second kappa shape index (κ2) is 14.9. The number of para-hydroxylation sites is 4. The topological polar surface area (TPSA) is 74.6 Å². The third kappa shape index (κ3) is 6.13. The summed E-state index contributed by atoms with van der Waals surface area (Å²) in [6.07, 6.45) is 0. The minimum absolute atomic E-state index is 0.528. The van der Waals surface area contributed by atoms with E-state index in [0.717, 1.165) is 99.3 Å². The molecule has 13 aromatic rings. The Bertz CT molecular complexity index is 3790. The van der Waals surface area contributed by atoms with Gasteiger partial charge in [-0.1, -0.05) is 176 Å². The summed E-state index contributed by atoms with van der Waals surface area (Å²) in [5.41, 5.74) is 13.9. The standard InChI is InChI=1S/C58H36N6O/c1-3-14-37(15-4-1)39-26-30-41(31-27-39)55-60-56(42-32-28-40(29-33-42)38-16-5-2-6-17-38)62-58(61-55)64-51-24-11-8-21-46(51)48-35-34-47-45-20-7-10-23-50(45)63(53(47)54(48)64)44-19-13-18-43(36-44)57-59-49-22-9-12-25-52(49)65-57/h1-36H. The molecule has 0 unspecified atom stereocenters. The molecule has 65 heavy (non-hydrogen) atoms. The average Bonchev–Trinajstić information content (AvgIpc) is 4.08. The first kappa shape index (κ1) is 36.7. The first-order valence-electron chi connectivity index (χ1n) is 21.7. The molecule has 0 radical (unpaired) electrons. The Hall–Kier alpha value is -8.94. The molecule has 0 bridgehead atoms. The molecule has 0 atom stereocenters. The van der Waals surface area contributed by atoms with Gasteiger partial charge in [0.05, 0.1) is 22.1 Å². The summed E-state index contributed by atoms with van der Waals surface area (Å²) in [5, 5.41) is 4.45. The molecular formula is C58H36N6O. The summed E-state index contributed by atoms with van der Waals surface area (Å²) in [7, 11) is 0. The highest BCUT2D eigenvalue weighted by atomic mass is 16.3. The molecule has 13 rings (SSSR count). The van der Waals surface area contributed by atoms with Crippen molar-refractivity contribution in [2.75, 3.05) is 0 Å². The number of benzene rings is 9. The lowest BCUT2D eigenvalue weighted by atomic mass is 10.0. The van der Waals surface area contributed by atoms with Gasteiger partial charge in [0.25, 0.3) is 0 Å². The van der Waals surface area contributed by atoms with E-state index >= 15 is 0 Å².